The number of aryl methyl sites for hydroxylation is 1. The lowest BCUT2D eigenvalue weighted by molar-refractivity contribution is 0.147. The Hall–Kier alpha value is -1.40. The molecule has 0 atom stereocenters. The number of nitrogens with one attached hydrogen (secondary N) is 2. The smallest absolute Gasteiger partial charge is 0.224 e. The molecule has 4 N–H and O–H groups in total. The number of nitrogens with zero attached hydrogens (tertiary/aromatic N) is 2. The van der Waals surface area contributed by atoms with Crippen LogP contribution in [0.4, 0.5) is 11.8 Å². The molecule has 0 aliphatic heterocycles. The number of hydrogen-bond acceptors (Lipinski definition) is 6. The zero-order chi connectivity index (χ0) is 12.9. The number of anilines is 2. The van der Waals surface area contributed by atoms with Gasteiger partial charge in [0.1, 0.15) is 5.82 Å². The predicted octanol–water partition coefficient (Wildman–Crippen LogP) is 0.372. The summed E-state index contributed by atoms with van der Waals surface area (Å²) in [4.78, 5) is 8.41. The fourth-order valence-electron chi connectivity index (χ4n) is 1.23. The molecular formula is C11H20N4O2. The Morgan fingerprint density at radius 1 is 1.35 bits per heavy atom. The van der Waals surface area contributed by atoms with Gasteiger partial charge >= 0.3 is 0 Å². The minimum Gasteiger partial charge on any atom is -0.394 e. The lowest BCUT2D eigenvalue weighted by Gasteiger charge is -2.27. The van der Waals surface area contributed by atoms with Gasteiger partial charge in [0.25, 0.3) is 0 Å². The number of aliphatic hydroxyl groups excluding tert-OH is 2. The molecule has 0 aliphatic carbocycles. The van der Waals surface area contributed by atoms with Gasteiger partial charge in [-0.1, -0.05) is 0 Å². The molecule has 1 aromatic rings. The molecule has 6 nitrogen and oxygen atoms in total. The maximum absolute atomic E-state index is 9.23. The summed E-state index contributed by atoms with van der Waals surface area (Å²) in [5.74, 6) is 1.14. The van der Waals surface area contributed by atoms with Crippen molar-refractivity contribution in [2.45, 2.75) is 26.3 Å². The molecule has 0 radical (unpaired) electrons. The van der Waals surface area contributed by atoms with Crippen molar-refractivity contribution in [2.24, 2.45) is 0 Å². The van der Waals surface area contributed by atoms with Crippen LogP contribution in [0.15, 0.2) is 6.20 Å². The number of aromatic nitrogens is 2. The number of rotatable bonds is 6. The van der Waals surface area contributed by atoms with Crippen molar-refractivity contribution in [2.75, 3.05) is 30.4 Å². The van der Waals surface area contributed by atoms with Crippen LogP contribution in [0.5, 0.6) is 0 Å². The van der Waals surface area contributed by atoms with E-state index in [-0.39, 0.29) is 13.2 Å². The Morgan fingerprint density at radius 2 is 2.00 bits per heavy atom. The Labute approximate surface area is 101 Å². The highest BCUT2D eigenvalue weighted by Crippen LogP contribution is 2.17. The number of hydrogen-bond donors (Lipinski definition) is 4. The van der Waals surface area contributed by atoms with Gasteiger partial charge in [0.15, 0.2) is 0 Å². The van der Waals surface area contributed by atoms with Gasteiger partial charge in [0, 0.05) is 18.3 Å². The first-order valence-corrected chi connectivity index (χ1v) is 5.62. The Morgan fingerprint density at radius 3 is 2.53 bits per heavy atom. The summed E-state index contributed by atoms with van der Waals surface area (Å²) in [6.45, 7) is 5.93. The van der Waals surface area contributed by atoms with Gasteiger partial charge in [-0.2, -0.15) is 4.98 Å². The van der Waals surface area contributed by atoms with Crippen LogP contribution in [0, 0.1) is 6.92 Å². The maximum atomic E-state index is 9.23. The quantitative estimate of drug-likeness (QED) is 0.574. The molecule has 96 valence electrons. The SMILES string of the molecule is CCNc1ncc(C)c(NC(C)(CO)CO)n1. The third-order valence-corrected chi connectivity index (χ3v) is 2.42. The minimum absolute atomic E-state index is 0.177. The predicted molar refractivity (Wildman–Crippen MR) is 67.1 cm³/mol. The summed E-state index contributed by atoms with van der Waals surface area (Å²) in [5, 5.41) is 24.5. The van der Waals surface area contributed by atoms with Crippen molar-refractivity contribution in [3.8, 4) is 0 Å². The second-order valence-corrected chi connectivity index (χ2v) is 4.26. The van der Waals surface area contributed by atoms with E-state index in [4.69, 9.17) is 0 Å². The van der Waals surface area contributed by atoms with Gasteiger partial charge in [-0.25, -0.2) is 4.98 Å². The standard InChI is InChI=1S/C11H20N4O2/c1-4-12-10-13-5-8(2)9(14-10)15-11(3,6-16)7-17/h5,16-17H,4,6-7H2,1-3H3,(H2,12,13,14,15). The summed E-state index contributed by atoms with van der Waals surface area (Å²) in [7, 11) is 0. The molecule has 0 saturated carbocycles. The molecule has 17 heavy (non-hydrogen) atoms. The van der Waals surface area contributed by atoms with Crippen molar-refractivity contribution < 1.29 is 10.2 Å². The Kier molecular flexibility index (Phi) is 4.65. The van der Waals surface area contributed by atoms with Gasteiger partial charge in [0.2, 0.25) is 5.95 Å². The summed E-state index contributed by atoms with van der Waals surface area (Å²) >= 11 is 0. The van der Waals surface area contributed by atoms with E-state index in [1.165, 1.54) is 0 Å². The highest BCUT2D eigenvalue weighted by molar-refractivity contribution is 5.48. The first kappa shape index (κ1) is 13.7. The zero-order valence-corrected chi connectivity index (χ0v) is 10.5. The van der Waals surface area contributed by atoms with Crippen LogP contribution in [0.1, 0.15) is 19.4 Å². The van der Waals surface area contributed by atoms with E-state index in [1.54, 1.807) is 13.1 Å². The van der Waals surface area contributed by atoms with Crippen LogP contribution in [0.2, 0.25) is 0 Å². The Balaban J connectivity index is 2.92. The first-order chi connectivity index (χ1) is 8.04. The third kappa shape index (κ3) is 3.54. The molecule has 0 spiro atoms. The van der Waals surface area contributed by atoms with Gasteiger partial charge in [-0.15, -0.1) is 0 Å². The van der Waals surface area contributed by atoms with Crippen molar-refractivity contribution in [3.63, 3.8) is 0 Å². The number of aliphatic hydroxyl groups is 2. The Bertz CT molecular complexity index is 366. The molecule has 1 heterocycles. The first-order valence-electron chi connectivity index (χ1n) is 5.62. The van der Waals surface area contributed by atoms with E-state index in [0.717, 1.165) is 12.1 Å². The van der Waals surface area contributed by atoms with E-state index in [9.17, 15) is 10.2 Å². The van der Waals surface area contributed by atoms with Crippen molar-refractivity contribution in [1.82, 2.24) is 9.97 Å². The van der Waals surface area contributed by atoms with Gasteiger partial charge in [-0.3, -0.25) is 0 Å². The van der Waals surface area contributed by atoms with Crippen molar-refractivity contribution >= 4 is 11.8 Å². The van der Waals surface area contributed by atoms with Crippen LogP contribution in [0.3, 0.4) is 0 Å². The van der Waals surface area contributed by atoms with E-state index < -0.39 is 5.54 Å². The van der Waals surface area contributed by atoms with Crippen molar-refractivity contribution in [3.05, 3.63) is 11.8 Å². The average Bonchev–Trinajstić information content (AvgIpc) is 2.33. The normalized spacial score (nSPS) is 11.4. The van der Waals surface area contributed by atoms with Gasteiger partial charge in [0.05, 0.1) is 18.8 Å². The monoisotopic (exact) mass is 240 g/mol. The van der Waals surface area contributed by atoms with Gasteiger partial charge < -0.3 is 20.8 Å². The van der Waals surface area contributed by atoms with E-state index in [2.05, 4.69) is 20.6 Å². The molecule has 0 bridgehead atoms. The zero-order valence-electron chi connectivity index (χ0n) is 10.5. The summed E-state index contributed by atoms with van der Waals surface area (Å²) in [5.41, 5.74) is 0.0718. The fourth-order valence-corrected chi connectivity index (χ4v) is 1.23. The van der Waals surface area contributed by atoms with Crippen molar-refractivity contribution in [1.29, 1.82) is 0 Å². The molecule has 6 heteroatoms. The van der Waals surface area contributed by atoms with Crippen LogP contribution in [0.25, 0.3) is 0 Å². The molecular weight excluding hydrogens is 220 g/mol. The molecule has 1 rings (SSSR count). The molecule has 0 unspecified atom stereocenters. The lowest BCUT2D eigenvalue weighted by Crippen LogP contribution is -2.43. The highest BCUT2D eigenvalue weighted by Gasteiger charge is 2.23. The topological polar surface area (TPSA) is 90.3 Å². The van der Waals surface area contributed by atoms with Crippen LogP contribution < -0.4 is 10.6 Å². The molecule has 0 saturated heterocycles. The second kappa shape index (κ2) is 5.79. The highest BCUT2D eigenvalue weighted by atomic mass is 16.3. The second-order valence-electron chi connectivity index (χ2n) is 4.26. The van der Waals surface area contributed by atoms with E-state index in [1.807, 2.05) is 13.8 Å². The maximum Gasteiger partial charge on any atom is 0.224 e. The third-order valence-electron chi connectivity index (χ3n) is 2.42. The molecule has 0 amide bonds. The fraction of sp³-hybridized carbons (Fsp3) is 0.636. The summed E-state index contributed by atoms with van der Waals surface area (Å²) < 4.78 is 0. The van der Waals surface area contributed by atoms with E-state index >= 15 is 0 Å². The molecule has 0 aromatic carbocycles. The van der Waals surface area contributed by atoms with Crippen LogP contribution in [-0.2, 0) is 0 Å². The lowest BCUT2D eigenvalue weighted by atomic mass is 10.1. The molecule has 1 aromatic heterocycles. The average molecular weight is 240 g/mol. The van der Waals surface area contributed by atoms with Gasteiger partial charge in [-0.05, 0) is 20.8 Å². The van der Waals surface area contributed by atoms with Crippen LogP contribution >= 0.6 is 0 Å². The minimum atomic E-state index is -0.789. The molecule has 0 aliphatic rings. The largest absolute Gasteiger partial charge is 0.394 e. The summed E-state index contributed by atoms with van der Waals surface area (Å²) in [6, 6.07) is 0. The summed E-state index contributed by atoms with van der Waals surface area (Å²) in [6.07, 6.45) is 1.70. The molecule has 0 fully saturated rings. The van der Waals surface area contributed by atoms with E-state index in [0.29, 0.717) is 11.8 Å². The van der Waals surface area contributed by atoms with Crippen LogP contribution in [-0.4, -0.2) is 45.5 Å².